The predicted molar refractivity (Wildman–Crippen MR) is 39.7 cm³/mol. The van der Waals surface area contributed by atoms with Crippen molar-refractivity contribution < 1.29 is 0 Å². The van der Waals surface area contributed by atoms with Crippen LogP contribution in [0.1, 0.15) is 32.1 Å². The highest BCUT2D eigenvalue weighted by molar-refractivity contribution is 6.18. The van der Waals surface area contributed by atoms with Crippen molar-refractivity contribution in [1.82, 2.24) is 0 Å². The van der Waals surface area contributed by atoms with Crippen LogP contribution in [0.3, 0.4) is 0 Å². The normalized spacial score (nSPS) is 37.7. The van der Waals surface area contributed by atoms with Gasteiger partial charge in [-0.15, -0.1) is 11.6 Å². The Morgan fingerprint density at radius 1 is 1.33 bits per heavy atom. The molecular weight excluding hydrogens is 132 g/mol. The van der Waals surface area contributed by atoms with Gasteiger partial charge in [-0.25, -0.2) is 0 Å². The number of hydrogen-bond donors (Lipinski definition) is 0. The van der Waals surface area contributed by atoms with Gasteiger partial charge in [-0.1, -0.05) is 12.8 Å². The molecule has 1 spiro atoms. The molecule has 0 aliphatic heterocycles. The van der Waals surface area contributed by atoms with E-state index in [0.717, 1.165) is 17.2 Å². The Labute approximate surface area is 61.6 Å². The highest BCUT2D eigenvalue weighted by Crippen LogP contribution is 2.62. The summed E-state index contributed by atoms with van der Waals surface area (Å²) in [5, 5.41) is 0. The number of rotatable bonds is 1. The molecule has 0 aromatic rings. The van der Waals surface area contributed by atoms with Gasteiger partial charge in [-0.05, 0) is 30.6 Å². The SMILES string of the molecule is ClCC1CC12CCCC2. The summed E-state index contributed by atoms with van der Waals surface area (Å²) in [6.07, 6.45) is 7.33. The second-order valence-corrected chi connectivity index (χ2v) is 3.93. The van der Waals surface area contributed by atoms with Crippen LogP contribution in [0, 0.1) is 11.3 Å². The van der Waals surface area contributed by atoms with Crippen molar-refractivity contribution in [3.05, 3.63) is 0 Å². The number of hydrogen-bond acceptors (Lipinski definition) is 0. The molecule has 0 radical (unpaired) electrons. The molecule has 0 aromatic carbocycles. The molecule has 0 bridgehead atoms. The zero-order valence-corrected chi connectivity index (χ0v) is 6.45. The molecule has 0 saturated heterocycles. The van der Waals surface area contributed by atoms with Gasteiger partial charge in [0.15, 0.2) is 0 Å². The lowest BCUT2D eigenvalue weighted by atomic mass is 10.0. The summed E-state index contributed by atoms with van der Waals surface area (Å²) in [4.78, 5) is 0. The molecule has 1 atom stereocenters. The summed E-state index contributed by atoms with van der Waals surface area (Å²) < 4.78 is 0. The standard InChI is InChI=1S/C8H13Cl/c9-6-7-5-8(7)3-1-2-4-8/h7H,1-6H2. The fourth-order valence-corrected chi connectivity index (χ4v) is 2.78. The first kappa shape index (κ1) is 6.03. The summed E-state index contributed by atoms with van der Waals surface area (Å²) in [6, 6.07) is 0. The van der Waals surface area contributed by atoms with Gasteiger partial charge < -0.3 is 0 Å². The second-order valence-electron chi connectivity index (χ2n) is 3.62. The second kappa shape index (κ2) is 1.88. The third kappa shape index (κ3) is 0.797. The number of alkyl halides is 1. The molecule has 0 N–H and O–H groups in total. The summed E-state index contributed by atoms with van der Waals surface area (Å²) in [7, 11) is 0. The van der Waals surface area contributed by atoms with E-state index in [2.05, 4.69) is 0 Å². The molecule has 0 heterocycles. The van der Waals surface area contributed by atoms with Crippen LogP contribution in [-0.4, -0.2) is 5.88 Å². The minimum atomic E-state index is 0.780. The van der Waals surface area contributed by atoms with Crippen molar-refractivity contribution in [2.45, 2.75) is 32.1 Å². The van der Waals surface area contributed by atoms with E-state index in [1.54, 1.807) is 0 Å². The van der Waals surface area contributed by atoms with E-state index in [1.807, 2.05) is 0 Å². The van der Waals surface area contributed by atoms with Gasteiger partial charge in [0, 0.05) is 5.88 Å². The van der Waals surface area contributed by atoms with Crippen molar-refractivity contribution in [2.24, 2.45) is 11.3 Å². The fourth-order valence-electron chi connectivity index (χ4n) is 2.34. The van der Waals surface area contributed by atoms with Crippen LogP contribution in [0.5, 0.6) is 0 Å². The molecule has 52 valence electrons. The summed E-state index contributed by atoms with van der Waals surface area (Å²) >= 11 is 5.77. The largest absolute Gasteiger partial charge is 0.126 e. The van der Waals surface area contributed by atoms with E-state index in [0.29, 0.717) is 0 Å². The van der Waals surface area contributed by atoms with E-state index in [1.165, 1.54) is 32.1 Å². The Morgan fingerprint density at radius 2 is 2.00 bits per heavy atom. The Morgan fingerprint density at radius 3 is 2.44 bits per heavy atom. The molecule has 9 heavy (non-hydrogen) atoms. The van der Waals surface area contributed by atoms with Gasteiger partial charge in [0.1, 0.15) is 0 Å². The van der Waals surface area contributed by atoms with Crippen molar-refractivity contribution in [2.75, 3.05) is 5.88 Å². The number of halogens is 1. The predicted octanol–water partition coefficient (Wildman–Crippen LogP) is 2.81. The molecule has 1 unspecified atom stereocenters. The van der Waals surface area contributed by atoms with Gasteiger partial charge in [0.2, 0.25) is 0 Å². The lowest BCUT2D eigenvalue weighted by Gasteiger charge is -2.03. The molecule has 2 saturated carbocycles. The maximum atomic E-state index is 5.77. The van der Waals surface area contributed by atoms with Gasteiger partial charge >= 0.3 is 0 Å². The monoisotopic (exact) mass is 144 g/mol. The maximum absolute atomic E-state index is 5.77. The Hall–Kier alpha value is 0.290. The maximum Gasteiger partial charge on any atom is 0.0257 e. The lowest BCUT2D eigenvalue weighted by molar-refractivity contribution is 0.488. The van der Waals surface area contributed by atoms with Crippen LogP contribution in [0.25, 0.3) is 0 Å². The third-order valence-corrected chi connectivity index (χ3v) is 3.52. The van der Waals surface area contributed by atoms with E-state index < -0.39 is 0 Å². The molecule has 1 heteroatoms. The van der Waals surface area contributed by atoms with E-state index >= 15 is 0 Å². The van der Waals surface area contributed by atoms with Crippen LogP contribution < -0.4 is 0 Å². The van der Waals surface area contributed by atoms with Crippen LogP contribution >= 0.6 is 11.6 Å². The fraction of sp³-hybridized carbons (Fsp3) is 1.00. The molecular formula is C8H13Cl. The van der Waals surface area contributed by atoms with Crippen LogP contribution in [0.2, 0.25) is 0 Å². The van der Waals surface area contributed by atoms with Gasteiger partial charge in [0.25, 0.3) is 0 Å². The van der Waals surface area contributed by atoms with Gasteiger partial charge in [-0.2, -0.15) is 0 Å². The van der Waals surface area contributed by atoms with Gasteiger partial charge in [-0.3, -0.25) is 0 Å². The molecule has 2 aliphatic rings. The van der Waals surface area contributed by atoms with E-state index in [-0.39, 0.29) is 0 Å². The van der Waals surface area contributed by atoms with E-state index in [4.69, 9.17) is 11.6 Å². The first-order valence-electron chi connectivity index (χ1n) is 3.93. The van der Waals surface area contributed by atoms with Crippen LogP contribution in [0.15, 0.2) is 0 Å². The van der Waals surface area contributed by atoms with E-state index in [9.17, 15) is 0 Å². The third-order valence-electron chi connectivity index (χ3n) is 3.14. The van der Waals surface area contributed by atoms with Crippen molar-refractivity contribution in [1.29, 1.82) is 0 Å². The Bertz CT molecular complexity index is 114. The highest BCUT2D eigenvalue weighted by atomic mass is 35.5. The zero-order chi connectivity index (χ0) is 6.32. The molecule has 0 amide bonds. The Balaban J connectivity index is 1.97. The molecule has 2 aliphatic carbocycles. The zero-order valence-electron chi connectivity index (χ0n) is 5.70. The summed E-state index contributed by atoms with van der Waals surface area (Å²) in [6.45, 7) is 0. The quantitative estimate of drug-likeness (QED) is 0.497. The van der Waals surface area contributed by atoms with Crippen LogP contribution in [0.4, 0.5) is 0 Å². The minimum absolute atomic E-state index is 0.780. The van der Waals surface area contributed by atoms with Gasteiger partial charge in [0.05, 0.1) is 0 Å². The van der Waals surface area contributed by atoms with Crippen molar-refractivity contribution in [3.8, 4) is 0 Å². The molecule has 2 rings (SSSR count). The Kier molecular flexibility index (Phi) is 1.26. The molecule has 2 fully saturated rings. The highest BCUT2D eigenvalue weighted by Gasteiger charge is 2.53. The average molecular weight is 145 g/mol. The van der Waals surface area contributed by atoms with Crippen molar-refractivity contribution in [3.63, 3.8) is 0 Å². The smallest absolute Gasteiger partial charge is 0.0257 e. The van der Waals surface area contributed by atoms with Crippen molar-refractivity contribution >= 4 is 11.6 Å². The average Bonchev–Trinajstić information content (AvgIpc) is 2.30. The topological polar surface area (TPSA) is 0 Å². The lowest BCUT2D eigenvalue weighted by Crippen LogP contribution is -1.96. The first-order valence-corrected chi connectivity index (χ1v) is 4.47. The first-order chi connectivity index (χ1) is 4.37. The molecule has 0 aromatic heterocycles. The van der Waals surface area contributed by atoms with Crippen LogP contribution in [-0.2, 0) is 0 Å². The minimum Gasteiger partial charge on any atom is -0.126 e. The molecule has 0 nitrogen and oxygen atoms in total. The summed E-state index contributed by atoms with van der Waals surface area (Å²) in [5.41, 5.74) is 0.780. The summed E-state index contributed by atoms with van der Waals surface area (Å²) in [5.74, 6) is 1.82.